The van der Waals surface area contributed by atoms with Crippen molar-refractivity contribution in [2.75, 3.05) is 12.4 Å². The van der Waals surface area contributed by atoms with E-state index in [4.69, 9.17) is 9.26 Å². The summed E-state index contributed by atoms with van der Waals surface area (Å²) in [5.41, 5.74) is 3.33. The first-order chi connectivity index (χ1) is 11.3. The Hall–Kier alpha value is -2.86. The molecule has 1 N–H and O–H groups in total. The Morgan fingerprint density at radius 1 is 1.04 bits per heavy atom. The minimum absolute atomic E-state index is 0.546. The average molecular weight is 323 g/mol. The van der Waals surface area contributed by atoms with Crippen LogP contribution in [0.5, 0.6) is 5.75 Å². The Labute approximate surface area is 136 Å². The van der Waals surface area contributed by atoms with Gasteiger partial charge in [0.25, 0.3) is 5.71 Å². The van der Waals surface area contributed by atoms with Gasteiger partial charge in [-0.2, -0.15) is 4.98 Å². The molecule has 0 aliphatic carbocycles. The van der Waals surface area contributed by atoms with Crippen LogP contribution in [0.15, 0.2) is 59.1 Å². The second-order valence-electron chi connectivity index (χ2n) is 4.90. The Morgan fingerprint density at radius 3 is 2.57 bits per heavy atom. The lowest BCUT2D eigenvalue weighted by Crippen LogP contribution is -1.89. The Kier molecular flexibility index (Phi) is 3.44. The highest BCUT2D eigenvalue weighted by Gasteiger charge is 2.15. The van der Waals surface area contributed by atoms with Gasteiger partial charge in [0.15, 0.2) is 5.13 Å². The Morgan fingerprint density at radius 2 is 1.83 bits per heavy atom. The molecule has 0 unspecified atom stereocenters. The van der Waals surface area contributed by atoms with Gasteiger partial charge in [0.2, 0.25) is 0 Å². The van der Waals surface area contributed by atoms with Crippen molar-refractivity contribution < 1.29 is 9.26 Å². The summed E-state index contributed by atoms with van der Waals surface area (Å²) in [6.45, 7) is 0. The van der Waals surface area contributed by atoms with Crippen molar-refractivity contribution in [2.45, 2.75) is 0 Å². The molecule has 2 aromatic heterocycles. The summed E-state index contributed by atoms with van der Waals surface area (Å²) in [6.07, 6.45) is 0. The van der Waals surface area contributed by atoms with E-state index >= 15 is 0 Å². The van der Waals surface area contributed by atoms with E-state index < -0.39 is 0 Å². The highest BCUT2D eigenvalue weighted by Crippen LogP contribution is 2.35. The van der Waals surface area contributed by atoms with Gasteiger partial charge in [-0.3, -0.25) is 0 Å². The highest BCUT2D eigenvalue weighted by molar-refractivity contribution is 7.22. The summed E-state index contributed by atoms with van der Waals surface area (Å²) in [5.74, 6) is 0.819. The summed E-state index contributed by atoms with van der Waals surface area (Å²) in [5, 5.41) is 8.17. The van der Waals surface area contributed by atoms with Crippen molar-refractivity contribution in [3.63, 3.8) is 0 Å². The molecule has 4 rings (SSSR count). The van der Waals surface area contributed by atoms with Crippen molar-refractivity contribution in [3.8, 4) is 17.0 Å². The van der Waals surface area contributed by atoms with E-state index in [1.54, 1.807) is 7.11 Å². The molecule has 0 aliphatic heterocycles. The predicted molar refractivity (Wildman–Crippen MR) is 91.4 cm³/mol. The van der Waals surface area contributed by atoms with Gasteiger partial charge in [0.05, 0.1) is 7.11 Å². The third-order valence-electron chi connectivity index (χ3n) is 3.42. The van der Waals surface area contributed by atoms with Crippen LogP contribution in [0.25, 0.3) is 21.7 Å². The fourth-order valence-corrected chi connectivity index (χ4v) is 3.19. The number of thiazole rings is 1. The number of nitrogens with one attached hydrogen (secondary N) is 1. The van der Waals surface area contributed by atoms with Gasteiger partial charge in [-0.05, 0) is 24.3 Å². The molecule has 0 fully saturated rings. The van der Waals surface area contributed by atoms with Gasteiger partial charge < -0.3 is 14.6 Å². The van der Waals surface area contributed by atoms with Crippen LogP contribution in [0.1, 0.15) is 0 Å². The van der Waals surface area contributed by atoms with E-state index in [0.717, 1.165) is 32.5 Å². The van der Waals surface area contributed by atoms with E-state index in [0.29, 0.717) is 5.71 Å². The molecule has 0 atom stereocenters. The number of nitrogens with zero attached hydrogens (tertiary/aromatic N) is 2. The molecule has 0 saturated heterocycles. The molecular weight excluding hydrogens is 310 g/mol. The van der Waals surface area contributed by atoms with E-state index in [2.05, 4.69) is 15.5 Å². The van der Waals surface area contributed by atoms with Crippen LogP contribution in [0.3, 0.4) is 0 Å². The third kappa shape index (κ3) is 2.64. The molecule has 6 heteroatoms. The predicted octanol–water partition coefficient (Wildman–Crippen LogP) is 4.70. The number of hydrogen-bond donors (Lipinski definition) is 1. The van der Waals surface area contributed by atoms with Crippen LogP contribution in [-0.2, 0) is 0 Å². The first-order valence-corrected chi connectivity index (χ1v) is 7.88. The first-order valence-electron chi connectivity index (χ1n) is 7.06. The molecule has 0 amide bonds. The fraction of sp³-hybridized carbons (Fsp3) is 0.0588. The fourth-order valence-electron chi connectivity index (χ4n) is 2.28. The maximum absolute atomic E-state index is 5.35. The molecule has 2 heterocycles. The lowest BCUT2D eigenvalue weighted by molar-refractivity contribution is 0.415. The SMILES string of the molecule is COc1ccc(Nc2nc3onc(-c4ccccc4)c3s2)cc1. The number of ether oxygens (including phenoxy) is 1. The molecule has 0 bridgehead atoms. The summed E-state index contributed by atoms with van der Waals surface area (Å²) < 4.78 is 11.4. The van der Waals surface area contributed by atoms with Gasteiger partial charge in [0.1, 0.15) is 16.1 Å². The quantitative estimate of drug-likeness (QED) is 0.589. The molecule has 23 heavy (non-hydrogen) atoms. The normalized spacial score (nSPS) is 10.8. The molecule has 0 saturated carbocycles. The van der Waals surface area contributed by atoms with Crippen LogP contribution in [0, 0.1) is 0 Å². The minimum Gasteiger partial charge on any atom is -0.497 e. The lowest BCUT2D eigenvalue weighted by Gasteiger charge is -2.03. The monoisotopic (exact) mass is 323 g/mol. The zero-order valence-electron chi connectivity index (χ0n) is 12.3. The van der Waals surface area contributed by atoms with Gasteiger partial charge in [-0.15, -0.1) is 0 Å². The summed E-state index contributed by atoms with van der Waals surface area (Å²) in [7, 11) is 1.65. The smallest absolute Gasteiger partial charge is 0.271 e. The average Bonchev–Trinajstić information content (AvgIpc) is 3.16. The van der Waals surface area contributed by atoms with Crippen molar-refractivity contribution in [1.29, 1.82) is 0 Å². The molecule has 5 nitrogen and oxygen atoms in total. The van der Waals surface area contributed by atoms with Crippen LogP contribution in [0.4, 0.5) is 10.8 Å². The van der Waals surface area contributed by atoms with Gasteiger partial charge in [-0.1, -0.05) is 46.8 Å². The van der Waals surface area contributed by atoms with Gasteiger partial charge in [-0.25, -0.2) is 0 Å². The van der Waals surface area contributed by atoms with E-state index in [1.807, 2.05) is 54.6 Å². The van der Waals surface area contributed by atoms with Crippen molar-refractivity contribution in [2.24, 2.45) is 0 Å². The standard InChI is InChI=1S/C17H13N3O2S/c1-21-13-9-7-12(8-10-13)18-17-19-16-15(23-17)14(20-22-16)11-5-3-2-4-6-11/h2-10H,1H3,(H,18,19). The Bertz CT molecular complexity index is 930. The number of methoxy groups -OCH3 is 1. The molecule has 0 spiro atoms. The summed E-state index contributed by atoms with van der Waals surface area (Å²) in [6, 6.07) is 17.6. The number of aromatic nitrogens is 2. The van der Waals surface area contributed by atoms with Crippen molar-refractivity contribution in [1.82, 2.24) is 10.1 Å². The molecule has 0 aliphatic rings. The van der Waals surface area contributed by atoms with Crippen molar-refractivity contribution >= 4 is 32.6 Å². The molecular formula is C17H13N3O2S. The largest absolute Gasteiger partial charge is 0.497 e. The van der Waals surface area contributed by atoms with Crippen LogP contribution in [0.2, 0.25) is 0 Å². The number of rotatable bonds is 4. The first kappa shape index (κ1) is 13.8. The number of fused-ring (bicyclic) bond motifs is 1. The lowest BCUT2D eigenvalue weighted by atomic mass is 10.2. The summed E-state index contributed by atoms with van der Waals surface area (Å²) in [4.78, 5) is 4.44. The second-order valence-corrected chi connectivity index (χ2v) is 5.90. The molecule has 114 valence electrons. The summed E-state index contributed by atoms with van der Waals surface area (Å²) >= 11 is 1.52. The van der Waals surface area contributed by atoms with Gasteiger partial charge >= 0.3 is 0 Å². The number of benzene rings is 2. The van der Waals surface area contributed by atoms with E-state index in [9.17, 15) is 0 Å². The van der Waals surface area contributed by atoms with Gasteiger partial charge in [0, 0.05) is 11.3 Å². The Balaban J connectivity index is 1.65. The van der Waals surface area contributed by atoms with E-state index in [1.165, 1.54) is 11.3 Å². The zero-order chi connectivity index (χ0) is 15.6. The zero-order valence-corrected chi connectivity index (χ0v) is 13.1. The second kappa shape index (κ2) is 5.73. The minimum atomic E-state index is 0.546. The van der Waals surface area contributed by atoms with Crippen molar-refractivity contribution in [3.05, 3.63) is 54.6 Å². The van der Waals surface area contributed by atoms with Crippen LogP contribution >= 0.6 is 11.3 Å². The topological polar surface area (TPSA) is 60.2 Å². The van der Waals surface area contributed by atoms with Crippen LogP contribution in [-0.4, -0.2) is 17.3 Å². The van der Waals surface area contributed by atoms with E-state index in [-0.39, 0.29) is 0 Å². The third-order valence-corrected chi connectivity index (χ3v) is 4.38. The molecule has 2 aromatic carbocycles. The van der Waals surface area contributed by atoms with Crippen LogP contribution < -0.4 is 10.1 Å². The number of anilines is 2. The maximum Gasteiger partial charge on any atom is 0.271 e. The highest BCUT2D eigenvalue weighted by atomic mass is 32.1. The molecule has 0 radical (unpaired) electrons. The molecule has 4 aromatic rings. The number of hydrogen-bond acceptors (Lipinski definition) is 6. The maximum atomic E-state index is 5.35.